The number of nitrogens with two attached hydrogens (primary N) is 1. The first kappa shape index (κ1) is 14.4. The van der Waals surface area contributed by atoms with Crippen molar-refractivity contribution in [3.05, 3.63) is 0 Å². The van der Waals surface area contributed by atoms with Crippen molar-refractivity contribution in [3.8, 4) is 0 Å². The topological polar surface area (TPSA) is 119 Å². The first-order chi connectivity index (χ1) is 7.38. The molecule has 7 nitrogen and oxygen atoms in total. The number of carboxylic acid groups (broad SMARTS) is 1. The summed E-state index contributed by atoms with van der Waals surface area (Å²) in [4.78, 5) is 32.7. The molecule has 2 atom stereocenters. The van der Waals surface area contributed by atoms with Gasteiger partial charge in [-0.25, -0.2) is 4.79 Å². The van der Waals surface area contributed by atoms with E-state index in [2.05, 4.69) is 10.1 Å². The highest BCUT2D eigenvalue weighted by molar-refractivity contribution is 5.86. The summed E-state index contributed by atoms with van der Waals surface area (Å²) in [6, 6.07) is -1.92. The van der Waals surface area contributed by atoms with Crippen LogP contribution in [0, 0.1) is 0 Å². The maximum atomic E-state index is 11.2. The Labute approximate surface area is 92.9 Å². The standard InChI is InChI=1S/C9H16N2O5/c1-5(10)8(13)11-6(9(14)15)3-4-7(12)16-2/h5-6H,3-4,10H2,1-2H3,(H,11,13)(H,14,15)/t5-,6?/m1/s1. The summed E-state index contributed by atoms with van der Waals surface area (Å²) in [7, 11) is 1.21. The lowest BCUT2D eigenvalue weighted by molar-refractivity contribution is -0.144. The van der Waals surface area contributed by atoms with Crippen molar-refractivity contribution in [3.63, 3.8) is 0 Å². The smallest absolute Gasteiger partial charge is 0.326 e. The van der Waals surface area contributed by atoms with Crippen LogP contribution >= 0.6 is 0 Å². The van der Waals surface area contributed by atoms with Gasteiger partial charge < -0.3 is 20.9 Å². The second-order valence-electron chi connectivity index (χ2n) is 3.30. The van der Waals surface area contributed by atoms with Crippen molar-refractivity contribution in [2.24, 2.45) is 5.73 Å². The highest BCUT2D eigenvalue weighted by atomic mass is 16.5. The first-order valence-corrected chi connectivity index (χ1v) is 4.74. The fraction of sp³-hybridized carbons (Fsp3) is 0.667. The molecular weight excluding hydrogens is 216 g/mol. The molecule has 1 unspecified atom stereocenters. The van der Waals surface area contributed by atoms with E-state index in [1.807, 2.05) is 0 Å². The number of nitrogens with one attached hydrogen (secondary N) is 1. The monoisotopic (exact) mass is 232 g/mol. The molecule has 0 aromatic heterocycles. The van der Waals surface area contributed by atoms with Gasteiger partial charge in [-0.1, -0.05) is 0 Å². The molecule has 7 heteroatoms. The number of rotatable bonds is 6. The normalized spacial score (nSPS) is 13.7. The number of carboxylic acids is 1. The SMILES string of the molecule is COC(=O)CCC(NC(=O)[C@@H](C)N)C(=O)O. The zero-order valence-electron chi connectivity index (χ0n) is 9.23. The first-order valence-electron chi connectivity index (χ1n) is 4.74. The second kappa shape index (κ2) is 6.78. The van der Waals surface area contributed by atoms with Gasteiger partial charge in [-0.3, -0.25) is 9.59 Å². The molecule has 1 amide bonds. The summed E-state index contributed by atoms with van der Waals surface area (Å²) in [6.07, 6.45) is -0.104. The highest BCUT2D eigenvalue weighted by Gasteiger charge is 2.22. The third-order valence-corrected chi connectivity index (χ3v) is 1.89. The van der Waals surface area contributed by atoms with Crippen LogP contribution in [0.4, 0.5) is 0 Å². The highest BCUT2D eigenvalue weighted by Crippen LogP contribution is 2.00. The van der Waals surface area contributed by atoms with Crippen LogP contribution in [-0.2, 0) is 19.1 Å². The van der Waals surface area contributed by atoms with Gasteiger partial charge in [0.2, 0.25) is 5.91 Å². The summed E-state index contributed by atoms with van der Waals surface area (Å²) < 4.78 is 4.36. The maximum absolute atomic E-state index is 11.2. The second-order valence-corrected chi connectivity index (χ2v) is 3.30. The number of aliphatic carboxylic acids is 1. The number of carbonyl (C=O) groups is 3. The Morgan fingerprint density at radius 3 is 2.38 bits per heavy atom. The number of ether oxygens (including phenoxy) is 1. The third kappa shape index (κ3) is 5.30. The van der Waals surface area contributed by atoms with Gasteiger partial charge >= 0.3 is 11.9 Å². The molecule has 0 fully saturated rings. The fourth-order valence-corrected chi connectivity index (χ4v) is 0.925. The minimum Gasteiger partial charge on any atom is -0.480 e. The summed E-state index contributed by atoms with van der Waals surface area (Å²) in [5.74, 6) is -2.31. The zero-order chi connectivity index (χ0) is 12.7. The van der Waals surface area contributed by atoms with Crippen molar-refractivity contribution in [2.45, 2.75) is 31.8 Å². The fourth-order valence-electron chi connectivity index (χ4n) is 0.925. The number of esters is 1. The van der Waals surface area contributed by atoms with Gasteiger partial charge in [0, 0.05) is 6.42 Å². The molecule has 0 aromatic rings. The number of methoxy groups -OCH3 is 1. The Morgan fingerprint density at radius 1 is 1.44 bits per heavy atom. The molecule has 0 bridgehead atoms. The zero-order valence-corrected chi connectivity index (χ0v) is 9.23. The van der Waals surface area contributed by atoms with E-state index < -0.39 is 29.9 Å². The van der Waals surface area contributed by atoms with Crippen LogP contribution in [0.25, 0.3) is 0 Å². The number of hydrogen-bond acceptors (Lipinski definition) is 5. The van der Waals surface area contributed by atoms with Gasteiger partial charge in [-0.2, -0.15) is 0 Å². The van der Waals surface area contributed by atoms with Gasteiger partial charge in [0.25, 0.3) is 0 Å². The van der Waals surface area contributed by atoms with Crippen LogP contribution in [0.1, 0.15) is 19.8 Å². The molecule has 0 saturated heterocycles. The Hall–Kier alpha value is -1.63. The van der Waals surface area contributed by atoms with Crippen LogP contribution in [0.15, 0.2) is 0 Å². The molecule has 0 radical (unpaired) electrons. The van der Waals surface area contributed by atoms with Crippen molar-refractivity contribution in [1.29, 1.82) is 0 Å². The summed E-state index contributed by atoms with van der Waals surface area (Å²) in [6.45, 7) is 1.44. The Balaban J connectivity index is 4.24. The van der Waals surface area contributed by atoms with E-state index in [9.17, 15) is 14.4 Å². The third-order valence-electron chi connectivity index (χ3n) is 1.89. The van der Waals surface area contributed by atoms with Gasteiger partial charge in [-0.05, 0) is 13.3 Å². The van der Waals surface area contributed by atoms with E-state index >= 15 is 0 Å². The molecule has 0 heterocycles. The Morgan fingerprint density at radius 2 is 2.00 bits per heavy atom. The lowest BCUT2D eigenvalue weighted by Gasteiger charge is -2.15. The molecule has 0 rings (SSSR count). The van der Waals surface area contributed by atoms with Gasteiger partial charge in [-0.15, -0.1) is 0 Å². The van der Waals surface area contributed by atoms with Crippen molar-refractivity contribution < 1.29 is 24.2 Å². The predicted molar refractivity (Wildman–Crippen MR) is 54.5 cm³/mol. The van der Waals surface area contributed by atoms with E-state index in [-0.39, 0.29) is 12.8 Å². The average molecular weight is 232 g/mol. The molecule has 0 saturated carbocycles. The Bertz CT molecular complexity index is 277. The van der Waals surface area contributed by atoms with Gasteiger partial charge in [0.15, 0.2) is 0 Å². The van der Waals surface area contributed by atoms with E-state index in [0.717, 1.165) is 0 Å². The summed E-state index contributed by atoms with van der Waals surface area (Å²) >= 11 is 0. The van der Waals surface area contributed by atoms with Crippen molar-refractivity contribution in [2.75, 3.05) is 7.11 Å². The molecule has 0 aliphatic heterocycles. The molecular formula is C9H16N2O5. The Kier molecular flexibility index (Phi) is 6.09. The number of carbonyl (C=O) groups excluding carboxylic acids is 2. The quantitative estimate of drug-likeness (QED) is 0.498. The number of amides is 1. The minimum atomic E-state index is -1.21. The predicted octanol–water partition coefficient (Wildman–Crippen LogP) is -1.14. The largest absolute Gasteiger partial charge is 0.480 e. The van der Waals surface area contributed by atoms with Crippen molar-refractivity contribution in [1.82, 2.24) is 5.32 Å². The van der Waals surface area contributed by atoms with Gasteiger partial charge in [0.05, 0.1) is 13.2 Å². The summed E-state index contributed by atoms with van der Waals surface area (Å²) in [5, 5.41) is 11.0. The van der Waals surface area contributed by atoms with Crippen LogP contribution in [0.2, 0.25) is 0 Å². The average Bonchev–Trinajstić information content (AvgIpc) is 2.22. The van der Waals surface area contributed by atoms with Gasteiger partial charge in [0.1, 0.15) is 6.04 Å². The molecule has 0 aliphatic carbocycles. The van der Waals surface area contributed by atoms with Crippen LogP contribution in [-0.4, -0.2) is 42.1 Å². The lowest BCUT2D eigenvalue weighted by atomic mass is 10.1. The van der Waals surface area contributed by atoms with Crippen LogP contribution in [0.5, 0.6) is 0 Å². The van der Waals surface area contributed by atoms with E-state index in [4.69, 9.17) is 10.8 Å². The van der Waals surface area contributed by atoms with E-state index in [1.54, 1.807) is 0 Å². The van der Waals surface area contributed by atoms with Crippen molar-refractivity contribution >= 4 is 17.8 Å². The molecule has 92 valence electrons. The molecule has 0 spiro atoms. The molecule has 4 N–H and O–H groups in total. The van der Waals surface area contributed by atoms with Crippen LogP contribution in [0.3, 0.4) is 0 Å². The summed E-state index contributed by atoms with van der Waals surface area (Å²) in [5.41, 5.74) is 5.27. The number of hydrogen-bond donors (Lipinski definition) is 3. The maximum Gasteiger partial charge on any atom is 0.326 e. The lowest BCUT2D eigenvalue weighted by Crippen LogP contribution is -2.47. The minimum absolute atomic E-state index is 0.0273. The molecule has 0 aliphatic rings. The molecule has 0 aromatic carbocycles. The van der Waals surface area contributed by atoms with E-state index in [1.165, 1.54) is 14.0 Å². The van der Waals surface area contributed by atoms with Crippen LogP contribution < -0.4 is 11.1 Å². The molecule has 16 heavy (non-hydrogen) atoms. The van der Waals surface area contributed by atoms with E-state index in [0.29, 0.717) is 0 Å².